The first-order chi connectivity index (χ1) is 29.7. The van der Waals surface area contributed by atoms with Crippen LogP contribution in [0.4, 0.5) is 5.69 Å². The summed E-state index contributed by atoms with van der Waals surface area (Å²) in [5, 5.41) is 1.89. The molecule has 0 saturated heterocycles. The van der Waals surface area contributed by atoms with Crippen LogP contribution >= 0.6 is 7.60 Å². The van der Waals surface area contributed by atoms with Gasteiger partial charge in [0.2, 0.25) is 0 Å². The quantitative estimate of drug-likeness (QED) is 0.0228. The number of hydrogen-bond donors (Lipinski definition) is 1. The summed E-state index contributed by atoms with van der Waals surface area (Å²) in [5.74, 6) is -0.790. The SMILES string of the molecule is CCCCCCCCCCCCCCCC(=O)OCC(COCP(=O)(O)OCC[N+](C)(C)C)OC(=O)CN(C)c1ccc2cc(C(=O)CCCCCCCCCCC)ccc2c1. The van der Waals surface area contributed by atoms with Crippen molar-refractivity contribution in [3.05, 3.63) is 42.0 Å². The van der Waals surface area contributed by atoms with Crippen LogP contribution in [0.1, 0.15) is 178 Å². The highest BCUT2D eigenvalue weighted by Crippen LogP contribution is 2.41. The van der Waals surface area contributed by atoms with Crippen LogP contribution in [0.2, 0.25) is 0 Å². The maximum absolute atomic E-state index is 13.2. The smallest absolute Gasteiger partial charge is 0.353 e. The third-order valence-corrected chi connectivity index (χ3v) is 12.4. The first-order valence-electron chi connectivity index (χ1n) is 24.2. The number of ether oxygens (including phenoxy) is 3. The van der Waals surface area contributed by atoms with Crippen molar-refractivity contribution in [3.63, 3.8) is 0 Å². The van der Waals surface area contributed by atoms with Crippen molar-refractivity contribution in [2.45, 2.75) is 174 Å². The molecule has 0 fully saturated rings. The van der Waals surface area contributed by atoms with E-state index >= 15 is 0 Å². The van der Waals surface area contributed by atoms with Gasteiger partial charge in [-0.15, -0.1) is 0 Å². The maximum Gasteiger partial charge on any atom is 0.353 e. The number of hydrogen-bond acceptors (Lipinski definition) is 9. The first kappa shape index (κ1) is 55.3. The number of Topliss-reactive ketones (excluding diaryl/α,β-unsaturated/α-hetero) is 1. The molecule has 2 aromatic carbocycles. The molecule has 11 nitrogen and oxygen atoms in total. The molecule has 2 unspecified atom stereocenters. The molecule has 0 saturated carbocycles. The summed E-state index contributed by atoms with van der Waals surface area (Å²) in [6.07, 6.45) is 25.9. The molecule has 2 rings (SSSR count). The number of esters is 2. The predicted molar refractivity (Wildman–Crippen MR) is 254 cm³/mol. The average molecular weight is 890 g/mol. The number of benzene rings is 2. The number of fused-ring (bicyclic) bond motifs is 1. The van der Waals surface area contributed by atoms with Gasteiger partial charge >= 0.3 is 19.5 Å². The lowest BCUT2D eigenvalue weighted by atomic mass is 10.00. The molecule has 0 radical (unpaired) electrons. The third kappa shape index (κ3) is 27.4. The molecular formula is C50H86N2O9P+. The van der Waals surface area contributed by atoms with Crippen molar-refractivity contribution in [1.29, 1.82) is 0 Å². The number of nitrogens with zero attached hydrogens (tertiary/aromatic N) is 2. The van der Waals surface area contributed by atoms with E-state index < -0.39 is 26.0 Å². The maximum atomic E-state index is 13.2. The third-order valence-electron chi connectivity index (χ3n) is 11.3. The molecular weight excluding hydrogens is 804 g/mol. The zero-order valence-corrected chi connectivity index (χ0v) is 40.7. The molecule has 0 aliphatic rings. The second-order valence-electron chi connectivity index (χ2n) is 18.4. The number of rotatable bonds is 39. The molecule has 0 aliphatic heterocycles. The largest absolute Gasteiger partial charge is 0.462 e. The molecule has 0 aromatic heterocycles. The number of ketones is 1. The van der Waals surface area contributed by atoms with Gasteiger partial charge in [0.15, 0.2) is 11.9 Å². The first-order valence-corrected chi connectivity index (χ1v) is 26.0. The molecule has 0 amide bonds. The fourth-order valence-electron chi connectivity index (χ4n) is 7.35. The number of unbranched alkanes of at least 4 members (excludes halogenated alkanes) is 20. The van der Waals surface area contributed by atoms with Gasteiger partial charge in [0.05, 0.1) is 27.7 Å². The molecule has 1 N–H and O–H groups in total. The minimum atomic E-state index is -4.06. The molecule has 0 bridgehead atoms. The Kier molecular flexibility index (Phi) is 29.2. The van der Waals surface area contributed by atoms with Crippen molar-refractivity contribution in [2.75, 3.05) is 72.3 Å². The van der Waals surface area contributed by atoms with Gasteiger partial charge in [-0.05, 0) is 41.8 Å². The van der Waals surface area contributed by atoms with Crippen molar-refractivity contribution < 1.29 is 47.1 Å². The second kappa shape index (κ2) is 32.8. The summed E-state index contributed by atoms with van der Waals surface area (Å²) in [4.78, 5) is 50.9. The molecule has 62 heavy (non-hydrogen) atoms. The van der Waals surface area contributed by atoms with Crippen molar-refractivity contribution in [2.24, 2.45) is 0 Å². The number of quaternary nitrogens is 1. The van der Waals surface area contributed by atoms with Gasteiger partial charge < -0.3 is 33.0 Å². The van der Waals surface area contributed by atoms with Crippen molar-refractivity contribution in [1.82, 2.24) is 0 Å². The topological polar surface area (TPSA) is 129 Å². The Morgan fingerprint density at radius 2 is 1.16 bits per heavy atom. The molecule has 0 aliphatic carbocycles. The van der Waals surface area contributed by atoms with E-state index in [4.69, 9.17) is 18.7 Å². The van der Waals surface area contributed by atoms with Gasteiger partial charge in [0, 0.05) is 31.1 Å². The lowest BCUT2D eigenvalue weighted by molar-refractivity contribution is -0.870. The lowest BCUT2D eigenvalue weighted by Gasteiger charge is -2.24. The highest BCUT2D eigenvalue weighted by atomic mass is 31.2. The zero-order valence-electron chi connectivity index (χ0n) is 39.8. The Hall–Kier alpha value is -2.82. The van der Waals surface area contributed by atoms with E-state index in [1.807, 2.05) is 57.5 Å². The Balaban J connectivity index is 1.86. The summed E-state index contributed by atoms with van der Waals surface area (Å²) in [6.45, 7) is 4.51. The number of carbonyl (C=O) groups is 3. The summed E-state index contributed by atoms with van der Waals surface area (Å²) < 4.78 is 35.2. The summed E-state index contributed by atoms with van der Waals surface area (Å²) >= 11 is 0. The Bertz CT molecular complexity index is 1580. The Morgan fingerprint density at radius 3 is 1.71 bits per heavy atom. The van der Waals surface area contributed by atoms with Crippen LogP contribution in [0.15, 0.2) is 36.4 Å². The normalized spacial score (nSPS) is 13.2. The van der Waals surface area contributed by atoms with Crippen LogP contribution in [0.3, 0.4) is 0 Å². The lowest BCUT2D eigenvalue weighted by Crippen LogP contribution is -2.37. The van der Waals surface area contributed by atoms with E-state index in [-0.39, 0.29) is 44.5 Å². The Morgan fingerprint density at radius 1 is 0.661 bits per heavy atom. The number of carbonyl (C=O) groups excluding carboxylic acids is 3. The average Bonchev–Trinajstić information content (AvgIpc) is 3.22. The molecule has 2 atom stereocenters. The second-order valence-corrected chi connectivity index (χ2v) is 20.2. The van der Waals surface area contributed by atoms with E-state index in [2.05, 4.69) is 13.8 Å². The number of likely N-dealkylation sites (N-methyl/N-ethyl adjacent to an activating group) is 2. The van der Waals surface area contributed by atoms with Crippen LogP contribution in [0, 0.1) is 0 Å². The van der Waals surface area contributed by atoms with Gasteiger partial charge in [0.1, 0.15) is 32.7 Å². The zero-order chi connectivity index (χ0) is 45.5. The molecule has 0 spiro atoms. The van der Waals surface area contributed by atoms with Crippen LogP contribution in [-0.4, -0.2) is 101 Å². The van der Waals surface area contributed by atoms with Crippen molar-refractivity contribution >= 4 is 41.8 Å². The summed E-state index contributed by atoms with van der Waals surface area (Å²) in [6, 6.07) is 11.6. The highest BCUT2D eigenvalue weighted by molar-refractivity contribution is 7.52. The van der Waals surface area contributed by atoms with Crippen LogP contribution in [-0.2, 0) is 32.9 Å². The Labute approximate surface area is 376 Å². The van der Waals surface area contributed by atoms with E-state index in [1.165, 1.54) is 109 Å². The predicted octanol–water partition coefficient (Wildman–Crippen LogP) is 12.2. The molecule has 12 heteroatoms. The van der Waals surface area contributed by atoms with E-state index in [0.717, 1.165) is 48.6 Å². The monoisotopic (exact) mass is 890 g/mol. The van der Waals surface area contributed by atoms with Gasteiger partial charge in [-0.1, -0.05) is 160 Å². The standard InChI is InChI=1S/C50H85N2O9P/c1-7-9-11-13-15-17-18-19-20-22-24-26-28-30-49(54)59-41-47(40-58-42-62(56,57)60-36-35-52(4,5)6)61-50(55)39-51(3)46-34-33-43-37-45(32-31-44(43)38-46)48(53)29-27-25-23-21-16-14-12-10-8-2/h31-34,37-38,47H,7-30,35-36,39-42H2,1-6H3/p+1. The molecule has 354 valence electrons. The minimum absolute atomic E-state index is 0.0790. The van der Waals surface area contributed by atoms with E-state index in [1.54, 1.807) is 11.9 Å². The van der Waals surface area contributed by atoms with Gasteiger partial charge in [-0.25, -0.2) is 0 Å². The molecule has 2 aromatic rings. The fraction of sp³-hybridized carbons (Fsp3) is 0.740. The van der Waals surface area contributed by atoms with Gasteiger partial charge in [-0.2, -0.15) is 0 Å². The van der Waals surface area contributed by atoms with Crippen LogP contribution < -0.4 is 4.90 Å². The van der Waals surface area contributed by atoms with Gasteiger partial charge in [0.25, 0.3) is 0 Å². The number of anilines is 1. The molecule has 0 heterocycles. The summed E-state index contributed by atoms with van der Waals surface area (Å²) in [7, 11) is 3.59. The van der Waals surface area contributed by atoms with E-state index in [9.17, 15) is 23.8 Å². The van der Waals surface area contributed by atoms with Crippen LogP contribution in [0.5, 0.6) is 0 Å². The summed E-state index contributed by atoms with van der Waals surface area (Å²) in [5.41, 5.74) is 1.50. The van der Waals surface area contributed by atoms with Crippen molar-refractivity contribution in [3.8, 4) is 0 Å². The highest BCUT2D eigenvalue weighted by Gasteiger charge is 2.25. The fourth-order valence-corrected chi connectivity index (χ4v) is 8.13. The minimum Gasteiger partial charge on any atom is -0.462 e. The van der Waals surface area contributed by atoms with Crippen LogP contribution in [0.25, 0.3) is 10.8 Å². The van der Waals surface area contributed by atoms with E-state index in [0.29, 0.717) is 23.0 Å². The van der Waals surface area contributed by atoms with Gasteiger partial charge in [-0.3, -0.25) is 18.9 Å².